The highest BCUT2D eigenvalue weighted by atomic mass is 32.2. The molecule has 2 aromatic carbocycles. The molecule has 11 heteroatoms. The second-order valence-electron chi connectivity index (χ2n) is 10.4. The van der Waals surface area contributed by atoms with E-state index in [0.29, 0.717) is 22.4 Å². The molecule has 0 bridgehead atoms. The summed E-state index contributed by atoms with van der Waals surface area (Å²) in [5.41, 5.74) is 1.09. The molecule has 0 spiro atoms. The van der Waals surface area contributed by atoms with Gasteiger partial charge in [-0.25, -0.2) is 27.0 Å². The molecule has 10 nitrogen and oxygen atoms in total. The number of rotatable bonds is 8. The lowest BCUT2D eigenvalue weighted by Gasteiger charge is -2.28. The first-order chi connectivity index (χ1) is 18.8. The van der Waals surface area contributed by atoms with Crippen LogP contribution in [-0.4, -0.2) is 58.1 Å². The molecule has 0 aliphatic carbocycles. The molecule has 1 atom stereocenters. The third kappa shape index (κ3) is 6.26. The van der Waals surface area contributed by atoms with E-state index in [1.54, 1.807) is 81.4 Å². The van der Waals surface area contributed by atoms with Gasteiger partial charge in [-0.15, -0.1) is 0 Å². The number of aliphatic carboxylic acids is 1. The molecule has 0 saturated heterocycles. The Morgan fingerprint density at radius 3 is 2.27 bits per heavy atom. The Balaban J connectivity index is 1.53. The summed E-state index contributed by atoms with van der Waals surface area (Å²) in [5.74, 6) is -0.292. The van der Waals surface area contributed by atoms with Crippen LogP contribution in [-0.2, 0) is 26.0 Å². The van der Waals surface area contributed by atoms with E-state index in [9.17, 15) is 23.1 Å². The Hall–Kier alpha value is -4.38. The van der Waals surface area contributed by atoms with Crippen molar-refractivity contribution in [1.82, 2.24) is 13.9 Å². The van der Waals surface area contributed by atoms with Gasteiger partial charge in [0.05, 0.1) is 10.3 Å². The van der Waals surface area contributed by atoms with Gasteiger partial charge in [0, 0.05) is 25.9 Å². The van der Waals surface area contributed by atoms with Crippen LogP contribution >= 0.6 is 0 Å². The van der Waals surface area contributed by atoms with Crippen molar-refractivity contribution in [3.05, 3.63) is 84.2 Å². The number of carboxylic acids is 1. The number of hydrogen-bond donors (Lipinski definition) is 1. The van der Waals surface area contributed by atoms with Crippen molar-refractivity contribution in [3.63, 3.8) is 0 Å². The van der Waals surface area contributed by atoms with Crippen LogP contribution in [0.25, 0.3) is 11.0 Å². The van der Waals surface area contributed by atoms with Gasteiger partial charge in [0.25, 0.3) is 10.0 Å². The van der Waals surface area contributed by atoms with Gasteiger partial charge in [0.1, 0.15) is 23.1 Å². The number of nitrogens with zero attached hydrogens (tertiary/aromatic N) is 3. The lowest BCUT2D eigenvalue weighted by Crippen LogP contribution is -2.46. The van der Waals surface area contributed by atoms with Crippen molar-refractivity contribution >= 4 is 33.1 Å². The summed E-state index contributed by atoms with van der Waals surface area (Å²) < 4.78 is 38.9. The smallest absolute Gasteiger partial charge is 0.410 e. The Kier molecular flexibility index (Phi) is 7.88. The third-order valence-electron chi connectivity index (χ3n) is 6.11. The Morgan fingerprint density at radius 2 is 1.68 bits per heavy atom. The molecule has 0 radical (unpaired) electrons. The number of ether oxygens (including phenoxy) is 2. The van der Waals surface area contributed by atoms with E-state index in [-0.39, 0.29) is 17.0 Å². The number of amides is 1. The fourth-order valence-electron chi connectivity index (χ4n) is 3.99. The van der Waals surface area contributed by atoms with Crippen LogP contribution in [0.15, 0.2) is 78.0 Å². The summed E-state index contributed by atoms with van der Waals surface area (Å²) in [6.07, 6.45) is 2.25. The highest BCUT2D eigenvalue weighted by Gasteiger charge is 2.30. The van der Waals surface area contributed by atoms with E-state index in [0.717, 1.165) is 14.4 Å². The summed E-state index contributed by atoms with van der Waals surface area (Å²) in [6.45, 7) is 7.01. The third-order valence-corrected chi connectivity index (χ3v) is 7.79. The number of aromatic nitrogens is 2. The zero-order chi connectivity index (χ0) is 29.2. The largest absolute Gasteiger partial charge is 0.480 e. The summed E-state index contributed by atoms with van der Waals surface area (Å²) >= 11 is 0. The van der Waals surface area contributed by atoms with Crippen LogP contribution in [0.5, 0.6) is 11.5 Å². The Morgan fingerprint density at radius 1 is 1.02 bits per heavy atom. The summed E-state index contributed by atoms with van der Waals surface area (Å²) in [4.78, 5) is 29.8. The predicted molar refractivity (Wildman–Crippen MR) is 149 cm³/mol. The molecule has 40 heavy (non-hydrogen) atoms. The van der Waals surface area contributed by atoms with Gasteiger partial charge >= 0.3 is 12.1 Å². The standard InChI is InChI=1S/C29H31N3O7S/c1-19-6-12-22(13-7-19)40(36,37)32-17-15-23-25(14-16-30-26(23)32)38-21-10-8-20(9-11-21)18-24(27(33)34)31(5)28(35)39-29(2,3)4/h6-17,24H,18H2,1-5H3,(H,33,34). The first-order valence-corrected chi connectivity index (χ1v) is 13.9. The molecule has 0 saturated carbocycles. The van der Waals surface area contributed by atoms with Crippen LogP contribution in [0.1, 0.15) is 31.9 Å². The number of carboxylic acid groups (broad SMARTS) is 1. The zero-order valence-corrected chi connectivity index (χ0v) is 23.7. The summed E-state index contributed by atoms with van der Waals surface area (Å²) in [5, 5.41) is 10.2. The van der Waals surface area contributed by atoms with E-state index in [1.807, 2.05) is 6.92 Å². The highest BCUT2D eigenvalue weighted by Crippen LogP contribution is 2.31. The first-order valence-electron chi connectivity index (χ1n) is 12.5. The maximum atomic E-state index is 13.2. The molecule has 0 fully saturated rings. The van der Waals surface area contributed by atoms with Crippen molar-refractivity contribution in [2.24, 2.45) is 0 Å². The molecule has 2 aromatic heterocycles. The predicted octanol–water partition coefficient (Wildman–Crippen LogP) is 5.24. The Bertz CT molecular complexity index is 1640. The molecule has 1 unspecified atom stereocenters. The number of fused-ring (bicyclic) bond motifs is 1. The minimum atomic E-state index is -3.86. The van der Waals surface area contributed by atoms with Gasteiger partial charge < -0.3 is 14.6 Å². The second-order valence-corrected chi connectivity index (χ2v) is 12.2. The second kappa shape index (κ2) is 11.0. The van der Waals surface area contributed by atoms with E-state index < -0.39 is 33.7 Å². The molecule has 4 aromatic rings. The van der Waals surface area contributed by atoms with Gasteiger partial charge in [-0.3, -0.25) is 4.90 Å². The van der Waals surface area contributed by atoms with Gasteiger partial charge in [-0.05, 0) is 69.7 Å². The fourth-order valence-corrected chi connectivity index (χ4v) is 5.29. The Labute approximate surface area is 232 Å². The number of benzene rings is 2. The maximum Gasteiger partial charge on any atom is 0.410 e. The molecule has 210 valence electrons. The number of carbonyl (C=O) groups is 2. The number of pyridine rings is 1. The summed E-state index contributed by atoms with van der Waals surface area (Å²) in [7, 11) is -2.47. The van der Waals surface area contributed by atoms with Crippen LogP contribution < -0.4 is 4.74 Å². The minimum absolute atomic E-state index is 0.0601. The van der Waals surface area contributed by atoms with Crippen molar-refractivity contribution in [3.8, 4) is 11.5 Å². The normalized spacial score (nSPS) is 12.6. The van der Waals surface area contributed by atoms with E-state index in [1.165, 1.54) is 19.4 Å². The van der Waals surface area contributed by atoms with E-state index >= 15 is 0 Å². The lowest BCUT2D eigenvalue weighted by molar-refractivity contribution is -0.142. The average Bonchev–Trinajstić information content (AvgIpc) is 3.33. The van der Waals surface area contributed by atoms with Crippen molar-refractivity contribution < 1.29 is 32.6 Å². The number of hydrogen-bond acceptors (Lipinski definition) is 7. The summed E-state index contributed by atoms with van der Waals surface area (Å²) in [6, 6.07) is 15.5. The topological polar surface area (TPSA) is 128 Å². The monoisotopic (exact) mass is 565 g/mol. The molecular weight excluding hydrogens is 534 g/mol. The SMILES string of the molecule is Cc1ccc(S(=O)(=O)n2ccc3c(Oc4ccc(CC(C(=O)O)N(C)C(=O)OC(C)(C)C)cc4)ccnc32)cc1. The minimum Gasteiger partial charge on any atom is -0.480 e. The van der Waals surface area contributed by atoms with Crippen molar-refractivity contribution in [1.29, 1.82) is 0 Å². The van der Waals surface area contributed by atoms with Crippen molar-refractivity contribution in [2.75, 3.05) is 7.05 Å². The molecule has 0 aliphatic rings. The molecule has 2 heterocycles. The zero-order valence-electron chi connectivity index (χ0n) is 22.9. The maximum absolute atomic E-state index is 13.2. The number of carbonyl (C=O) groups excluding carboxylic acids is 1. The van der Waals surface area contributed by atoms with Crippen LogP contribution in [0.4, 0.5) is 4.79 Å². The number of aryl methyl sites for hydroxylation is 1. The van der Waals surface area contributed by atoms with Crippen LogP contribution in [0, 0.1) is 6.92 Å². The van der Waals surface area contributed by atoms with Crippen molar-refractivity contribution in [2.45, 2.75) is 50.7 Å². The fraction of sp³-hybridized carbons (Fsp3) is 0.276. The van der Waals surface area contributed by atoms with Crippen LogP contribution in [0.3, 0.4) is 0 Å². The van der Waals surface area contributed by atoms with Gasteiger partial charge in [0.2, 0.25) is 0 Å². The van der Waals surface area contributed by atoms with E-state index in [4.69, 9.17) is 9.47 Å². The molecule has 0 aliphatic heterocycles. The van der Waals surface area contributed by atoms with Gasteiger partial charge in [-0.1, -0.05) is 29.8 Å². The number of likely N-dealkylation sites (N-methyl/N-ethyl adjacent to an activating group) is 1. The van der Waals surface area contributed by atoms with Crippen LogP contribution in [0.2, 0.25) is 0 Å². The first kappa shape index (κ1) is 28.6. The molecule has 1 N–H and O–H groups in total. The lowest BCUT2D eigenvalue weighted by atomic mass is 10.1. The molecule has 1 amide bonds. The van der Waals surface area contributed by atoms with E-state index in [2.05, 4.69) is 4.98 Å². The quantitative estimate of drug-likeness (QED) is 0.307. The average molecular weight is 566 g/mol. The molecular formula is C29H31N3O7S. The molecule has 4 rings (SSSR count). The van der Waals surface area contributed by atoms with Gasteiger partial charge in [0.15, 0.2) is 5.65 Å². The highest BCUT2D eigenvalue weighted by molar-refractivity contribution is 7.90. The van der Waals surface area contributed by atoms with Gasteiger partial charge in [-0.2, -0.15) is 0 Å².